The van der Waals surface area contributed by atoms with Crippen LogP contribution in [0.5, 0.6) is 0 Å². The number of hydrogen-bond donors (Lipinski definition) is 2. The lowest BCUT2D eigenvalue weighted by atomic mass is 10.2. The average molecular weight is 335 g/mol. The SMILES string of the molecule is CCCCCCP(=O)(O)O[C@@H](C)C(=O)N1CCCC1C(=O)O. The molecule has 1 rings (SSSR count). The van der Waals surface area contributed by atoms with E-state index in [0.29, 0.717) is 25.8 Å². The van der Waals surface area contributed by atoms with E-state index in [0.717, 1.165) is 19.3 Å². The van der Waals surface area contributed by atoms with Crippen LogP contribution in [0.15, 0.2) is 0 Å². The summed E-state index contributed by atoms with van der Waals surface area (Å²) < 4.78 is 17.0. The summed E-state index contributed by atoms with van der Waals surface area (Å²) in [5.41, 5.74) is 0. The summed E-state index contributed by atoms with van der Waals surface area (Å²) in [5, 5.41) is 9.07. The van der Waals surface area contributed by atoms with Gasteiger partial charge >= 0.3 is 13.6 Å². The van der Waals surface area contributed by atoms with Crippen LogP contribution in [0.25, 0.3) is 0 Å². The summed E-state index contributed by atoms with van der Waals surface area (Å²) >= 11 is 0. The van der Waals surface area contributed by atoms with Crippen LogP contribution in [0.3, 0.4) is 0 Å². The highest BCUT2D eigenvalue weighted by atomic mass is 31.2. The zero-order valence-electron chi connectivity index (χ0n) is 13.2. The molecule has 2 unspecified atom stereocenters. The van der Waals surface area contributed by atoms with Crippen LogP contribution in [0, 0.1) is 0 Å². The average Bonchev–Trinajstić information content (AvgIpc) is 2.91. The van der Waals surface area contributed by atoms with Gasteiger partial charge in [0.1, 0.15) is 12.1 Å². The van der Waals surface area contributed by atoms with Crippen molar-refractivity contribution in [3.8, 4) is 0 Å². The van der Waals surface area contributed by atoms with Gasteiger partial charge in [-0.2, -0.15) is 0 Å². The number of carboxylic acids is 1. The number of likely N-dealkylation sites (tertiary alicyclic amines) is 1. The lowest BCUT2D eigenvalue weighted by Gasteiger charge is -2.26. The van der Waals surface area contributed by atoms with Gasteiger partial charge in [-0.15, -0.1) is 0 Å². The summed E-state index contributed by atoms with van der Waals surface area (Å²) in [6, 6.07) is -0.860. The first-order chi connectivity index (χ1) is 10.3. The molecule has 0 radical (unpaired) electrons. The Morgan fingerprint density at radius 1 is 1.36 bits per heavy atom. The predicted molar refractivity (Wildman–Crippen MR) is 81.8 cm³/mol. The van der Waals surface area contributed by atoms with E-state index in [1.54, 1.807) is 0 Å². The van der Waals surface area contributed by atoms with Gasteiger partial charge in [-0.3, -0.25) is 13.9 Å². The molecule has 1 aliphatic heterocycles. The van der Waals surface area contributed by atoms with Gasteiger partial charge < -0.3 is 14.9 Å². The molecule has 0 aromatic rings. The first-order valence-electron chi connectivity index (χ1n) is 7.82. The third-order valence-electron chi connectivity index (χ3n) is 3.79. The van der Waals surface area contributed by atoms with Gasteiger partial charge in [0.05, 0.1) is 6.16 Å². The number of unbranched alkanes of at least 4 members (excludes halogenated alkanes) is 3. The maximum absolute atomic E-state index is 12.2. The Balaban J connectivity index is 2.52. The number of hydrogen-bond acceptors (Lipinski definition) is 4. The molecule has 0 spiro atoms. The van der Waals surface area contributed by atoms with Gasteiger partial charge in [-0.05, 0) is 26.2 Å². The van der Waals surface area contributed by atoms with Crippen molar-refractivity contribution in [1.29, 1.82) is 0 Å². The quantitative estimate of drug-likeness (QED) is 0.494. The minimum Gasteiger partial charge on any atom is -0.480 e. The van der Waals surface area contributed by atoms with Gasteiger partial charge in [-0.25, -0.2) is 4.79 Å². The fraction of sp³-hybridized carbons (Fsp3) is 0.857. The van der Waals surface area contributed by atoms with Crippen molar-refractivity contribution >= 4 is 19.5 Å². The summed E-state index contributed by atoms with van der Waals surface area (Å²) in [5.74, 6) is -1.59. The summed E-state index contributed by atoms with van der Waals surface area (Å²) in [7, 11) is -3.82. The fourth-order valence-corrected chi connectivity index (χ4v) is 3.92. The molecule has 7 nitrogen and oxygen atoms in total. The van der Waals surface area contributed by atoms with Crippen molar-refractivity contribution in [2.45, 2.75) is 64.5 Å². The highest BCUT2D eigenvalue weighted by Crippen LogP contribution is 2.44. The zero-order chi connectivity index (χ0) is 16.8. The third kappa shape index (κ3) is 5.71. The van der Waals surface area contributed by atoms with Gasteiger partial charge in [-0.1, -0.05) is 26.2 Å². The number of carbonyl (C=O) groups is 2. The van der Waals surface area contributed by atoms with E-state index in [9.17, 15) is 19.0 Å². The van der Waals surface area contributed by atoms with E-state index >= 15 is 0 Å². The van der Waals surface area contributed by atoms with E-state index in [4.69, 9.17) is 9.63 Å². The van der Waals surface area contributed by atoms with Crippen molar-refractivity contribution in [1.82, 2.24) is 4.90 Å². The fourth-order valence-electron chi connectivity index (χ4n) is 2.60. The van der Waals surface area contributed by atoms with Gasteiger partial charge in [0.15, 0.2) is 0 Å². The Morgan fingerprint density at radius 2 is 2.05 bits per heavy atom. The van der Waals surface area contributed by atoms with Gasteiger partial charge in [0.25, 0.3) is 5.91 Å². The Hall–Kier alpha value is -0.910. The van der Waals surface area contributed by atoms with Crippen molar-refractivity contribution < 1.29 is 28.7 Å². The van der Waals surface area contributed by atoms with Crippen LogP contribution < -0.4 is 0 Å². The standard InChI is InChI=1S/C14H26NO6P/c1-3-4-5-6-10-22(19,20)21-11(2)13(16)15-9-7-8-12(15)14(17)18/h11-12H,3-10H2,1-2H3,(H,17,18)(H,19,20)/t11-,12?/m0/s1. The molecule has 22 heavy (non-hydrogen) atoms. The third-order valence-corrected chi connectivity index (χ3v) is 5.31. The molecule has 1 aliphatic rings. The second-order valence-corrected chi connectivity index (χ2v) is 7.63. The highest BCUT2D eigenvalue weighted by molar-refractivity contribution is 7.52. The smallest absolute Gasteiger partial charge is 0.328 e. The van der Waals surface area contributed by atoms with Crippen LogP contribution >= 0.6 is 7.60 Å². The van der Waals surface area contributed by atoms with Gasteiger partial charge in [0.2, 0.25) is 0 Å². The van der Waals surface area contributed by atoms with E-state index in [-0.39, 0.29) is 6.16 Å². The molecular formula is C14H26NO6P. The molecule has 8 heteroatoms. The van der Waals surface area contributed by atoms with Crippen LogP contribution in [0.1, 0.15) is 52.4 Å². The highest BCUT2D eigenvalue weighted by Gasteiger charge is 2.37. The molecule has 1 saturated heterocycles. The lowest BCUT2D eigenvalue weighted by molar-refractivity contribution is -0.151. The van der Waals surface area contributed by atoms with Crippen LogP contribution in [-0.4, -0.2) is 51.6 Å². The molecular weight excluding hydrogens is 309 g/mol. The predicted octanol–water partition coefficient (Wildman–Crippen LogP) is 2.23. The number of carboxylic acid groups (broad SMARTS) is 1. The maximum atomic E-state index is 12.2. The number of nitrogens with zero attached hydrogens (tertiary/aromatic N) is 1. The van der Waals surface area contributed by atoms with Crippen molar-refractivity contribution in [3.05, 3.63) is 0 Å². The number of carbonyl (C=O) groups excluding carboxylic acids is 1. The monoisotopic (exact) mass is 335 g/mol. The molecule has 128 valence electrons. The number of rotatable bonds is 9. The normalized spacial score (nSPS) is 22.3. The van der Waals surface area contributed by atoms with Crippen molar-refractivity contribution in [2.75, 3.05) is 12.7 Å². The van der Waals surface area contributed by atoms with Crippen LogP contribution in [0.2, 0.25) is 0 Å². The molecule has 0 aliphatic carbocycles. The Labute approximate surface area is 131 Å². The first-order valence-corrected chi connectivity index (χ1v) is 9.58. The summed E-state index contributed by atoms with van der Waals surface area (Å²) in [6.07, 6.45) is 3.36. The molecule has 0 aromatic heterocycles. The Morgan fingerprint density at radius 3 is 2.64 bits per heavy atom. The number of amides is 1. The largest absolute Gasteiger partial charge is 0.480 e. The van der Waals surface area contributed by atoms with E-state index < -0.39 is 31.6 Å². The lowest BCUT2D eigenvalue weighted by Crippen LogP contribution is -2.45. The minimum absolute atomic E-state index is 0.0208. The molecule has 1 amide bonds. The number of aliphatic carboxylic acids is 1. The van der Waals surface area contributed by atoms with E-state index in [1.807, 2.05) is 6.92 Å². The molecule has 0 aromatic carbocycles. The van der Waals surface area contributed by atoms with Crippen LogP contribution in [0.4, 0.5) is 0 Å². The molecule has 3 atom stereocenters. The summed E-state index contributed by atoms with van der Waals surface area (Å²) in [6.45, 7) is 3.79. The van der Waals surface area contributed by atoms with Crippen LogP contribution in [-0.2, 0) is 18.7 Å². The molecule has 0 bridgehead atoms. The molecule has 1 heterocycles. The first kappa shape index (κ1) is 19.1. The zero-order valence-corrected chi connectivity index (χ0v) is 14.1. The second-order valence-electron chi connectivity index (χ2n) is 5.70. The molecule has 0 saturated carbocycles. The molecule has 2 N–H and O–H groups in total. The van der Waals surface area contributed by atoms with Crippen molar-refractivity contribution in [3.63, 3.8) is 0 Å². The Bertz CT molecular complexity index is 441. The summed E-state index contributed by atoms with van der Waals surface area (Å²) in [4.78, 5) is 34.3. The van der Waals surface area contributed by atoms with Gasteiger partial charge in [0, 0.05) is 6.54 Å². The minimum atomic E-state index is -3.82. The van der Waals surface area contributed by atoms with E-state index in [2.05, 4.69) is 0 Å². The topological polar surface area (TPSA) is 104 Å². The molecule has 1 fully saturated rings. The van der Waals surface area contributed by atoms with E-state index in [1.165, 1.54) is 11.8 Å². The maximum Gasteiger partial charge on any atom is 0.328 e. The van der Waals surface area contributed by atoms with Crippen molar-refractivity contribution in [2.24, 2.45) is 0 Å². The second kappa shape index (κ2) is 8.65. The Kier molecular flexibility index (Phi) is 7.53.